The number of fused-ring (bicyclic) bond motifs is 1. The predicted octanol–water partition coefficient (Wildman–Crippen LogP) is 7.16. The Bertz CT molecular complexity index is 1150. The second-order valence-electron chi connectivity index (χ2n) is 11.1. The molecule has 0 spiro atoms. The summed E-state index contributed by atoms with van der Waals surface area (Å²) < 4.78 is 2.39. The van der Waals surface area contributed by atoms with E-state index in [2.05, 4.69) is 66.3 Å². The summed E-state index contributed by atoms with van der Waals surface area (Å²) >= 11 is 0. The average Bonchev–Trinajstić information content (AvgIpc) is 3.45. The summed E-state index contributed by atoms with van der Waals surface area (Å²) in [5.74, 6) is 0.891. The van der Waals surface area contributed by atoms with E-state index in [1.165, 1.54) is 31.2 Å². The maximum atomic E-state index is 12.9. The van der Waals surface area contributed by atoms with Crippen LogP contribution in [0.2, 0.25) is 0 Å². The number of nitrogens with zero attached hydrogens (tertiary/aromatic N) is 2. The highest BCUT2D eigenvalue weighted by molar-refractivity contribution is 5.98. The van der Waals surface area contributed by atoms with Crippen molar-refractivity contribution in [2.24, 2.45) is 5.41 Å². The van der Waals surface area contributed by atoms with Crippen LogP contribution in [0.4, 0.5) is 11.6 Å². The number of imidazole rings is 1. The summed E-state index contributed by atoms with van der Waals surface area (Å²) in [6.45, 7) is 6.92. The molecule has 2 aliphatic rings. The van der Waals surface area contributed by atoms with Crippen LogP contribution in [-0.2, 0) is 6.42 Å². The van der Waals surface area contributed by atoms with E-state index in [-0.39, 0.29) is 5.91 Å². The Balaban J connectivity index is 1.50. The van der Waals surface area contributed by atoms with E-state index in [4.69, 9.17) is 4.98 Å². The smallest absolute Gasteiger partial charge is 0.251 e. The predicted molar refractivity (Wildman–Crippen MR) is 140 cm³/mol. The number of carbonyl (C=O) groups is 1. The molecule has 2 aromatic carbocycles. The van der Waals surface area contributed by atoms with Gasteiger partial charge in [-0.2, -0.15) is 0 Å². The third kappa shape index (κ3) is 4.84. The van der Waals surface area contributed by atoms with Crippen LogP contribution in [0.1, 0.15) is 94.1 Å². The van der Waals surface area contributed by atoms with Gasteiger partial charge in [-0.15, -0.1) is 0 Å². The minimum Gasteiger partial charge on any atom is -0.349 e. The van der Waals surface area contributed by atoms with Crippen LogP contribution < -0.4 is 10.6 Å². The molecule has 1 aromatic heterocycles. The lowest BCUT2D eigenvalue weighted by Crippen LogP contribution is -2.32. The molecule has 2 aliphatic carbocycles. The first-order valence-corrected chi connectivity index (χ1v) is 13.1. The molecule has 34 heavy (non-hydrogen) atoms. The normalized spacial score (nSPS) is 20.5. The van der Waals surface area contributed by atoms with Gasteiger partial charge in [0.15, 0.2) is 0 Å². The van der Waals surface area contributed by atoms with Gasteiger partial charge in [0, 0.05) is 23.3 Å². The van der Waals surface area contributed by atoms with Gasteiger partial charge >= 0.3 is 0 Å². The molecule has 1 atom stereocenters. The largest absolute Gasteiger partial charge is 0.349 e. The molecule has 0 aliphatic heterocycles. The van der Waals surface area contributed by atoms with E-state index < -0.39 is 0 Å². The molecule has 0 bridgehead atoms. The van der Waals surface area contributed by atoms with E-state index in [1.54, 1.807) is 0 Å². The Kier molecular flexibility index (Phi) is 6.37. The van der Waals surface area contributed by atoms with Gasteiger partial charge in [-0.25, -0.2) is 4.98 Å². The van der Waals surface area contributed by atoms with Crippen LogP contribution in [0.5, 0.6) is 0 Å². The number of hydrogen-bond acceptors (Lipinski definition) is 3. The molecule has 0 saturated heterocycles. The van der Waals surface area contributed by atoms with Crippen molar-refractivity contribution in [3.8, 4) is 0 Å². The van der Waals surface area contributed by atoms with Gasteiger partial charge in [-0.1, -0.05) is 52.2 Å². The van der Waals surface area contributed by atoms with Crippen LogP contribution >= 0.6 is 0 Å². The van der Waals surface area contributed by atoms with Gasteiger partial charge in [-0.05, 0) is 79.8 Å². The Hall–Kier alpha value is -2.82. The maximum Gasteiger partial charge on any atom is 0.251 e. The van der Waals surface area contributed by atoms with Crippen molar-refractivity contribution in [1.82, 2.24) is 14.9 Å². The average molecular weight is 459 g/mol. The molecular weight excluding hydrogens is 420 g/mol. The molecule has 2 fully saturated rings. The minimum absolute atomic E-state index is 0.0202. The van der Waals surface area contributed by atoms with E-state index in [0.29, 0.717) is 23.1 Å². The van der Waals surface area contributed by atoms with Crippen LogP contribution in [0.25, 0.3) is 11.0 Å². The Morgan fingerprint density at radius 2 is 1.82 bits per heavy atom. The van der Waals surface area contributed by atoms with Crippen molar-refractivity contribution in [3.05, 3.63) is 53.6 Å². The Morgan fingerprint density at radius 1 is 1.06 bits per heavy atom. The number of nitrogens with one attached hydrogen (secondary N) is 2. The fourth-order valence-electron chi connectivity index (χ4n) is 5.87. The third-order valence-corrected chi connectivity index (χ3v) is 7.80. The first-order valence-electron chi connectivity index (χ1n) is 13.1. The topological polar surface area (TPSA) is 59.0 Å². The van der Waals surface area contributed by atoms with E-state index >= 15 is 0 Å². The van der Waals surface area contributed by atoms with Crippen LogP contribution in [0, 0.1) is 5.41 Å². The van der Waals surface area contributed by atoms with Crippen molar-refractivity contribution >= 4 is 28.6 Å². The molecule has 3 aromatic rings. The molecule has 1 heterocycles. The molecule has 2 saturated carbocycles. The van der Waals surface area contributed by atoms with Gasteiger partial charge in [0.1, 0.15) is 0 Å². The molecule has 5 heteroatoms. The summed E-state index contributed by atoms with van der Waals surface area (Å²) in [7, 11) is 0. The molecule has 2 N–H and O–H groups in total. The zero-order valence-corrected chi connectivity index (χ0v) is 20.9. The summed E-state index contributed by atoms with van der Waals surface area (Å²) in [4.78, 5) is 17.9. The number of carbonyl (C=O) groups excluding carboxylic acids is 1. The molecule has 180 valence electrons. The van der Waals surface area contributed by atoms with Gasteiger partial charge in [0.05, 0.1) is 11.0 Å². The van der Waals surface area contributed by atoms with Gasteiger partial charge in [-0.3, -0.25) is 4.79 Å². The lowest BCUT2D eigenvalue weighted by atomic mass is 9.75. The first-order chi connectivity index (χ1) is 16.4. The van der Waals surface area contributed by atoms with Crippen molar-refractivity contribution in [2.75, 3.05) is 5.32 Å². The highest BCUT2D eigenvalue weighted by atomic mass is 16.1. The fourth-order valence-corrected chi connectivity index (χ4v) is 5.87. The Labute approximate surface area is 203 Å². The molecule has 1 amide bonds. The second-order valence-corrected chi connectivity index (χ2v) is 11.1. The van der Waals surface area contributed by atoms with Crippen molar-refractivity contribution < 1.29 is 4.79 Å². The van der Waals surface area contributed by atoms with Crippen LogP contribution in [0.3, 0.4) is 0 Å². The number of hydrogen-bond donors (Lipinski definition) is 2. The number of anilines is 2. The van der Waals surface area contributed by atoms with Crippen molar-refractivity contribution in [3.63, 3.8) is 0 Å². The monoisotopic (exact) mass is 458 g/mol. The summed E-state index contributed by atoms with van der Waals surface area (Å²) in [6.07, 6.45) is 10.4. The highest BCUT2D eigenvalue weighted by Crippen LogP contribution is 2.43. The SMILES string of the molecule is CCc1ccc(Nc2nc3cc(C(=O)NC4CCCC4)ccc3n2C2CCCC(C)(C)C2)cc1. The zero-order chi connectivity index (χ0) is 23.7. The lowest BCUT2D eigenvalue weighted by Gasteiger charge is -2.36. The van der Waals surface area contributed by atoms with E-state index in [0.717, 1.165) is 54.8 Å². The molecule has 1 unspecified atom stereocenters. The summed E-state index contributed by atoms with van der Waals surface area (Å²) in [6, 6.07) is 15.3. The number of aryl methyl sites for hydroxylation is 1. The number of amides is 1. The molecule has 5 nitrogen and oxygen atoms in total. The molecule has 5 rings (SSSR count). The second kappa shape index (κ2) is 9.44. The molecule has 0 radical (unpaired) electrons. The zero-order valence-electron chi connectivity index (χ0n) is 20.9. The number of benzene rings is 2. The number of rotatable bonds is 6. The first kappa shape index (κ1) is 22.9. The standard InChI is InChI=1S/C29H38N4O/c1-4-20-11-14-23(15-12-20)31-28-32-25-18-21(27(34)30-22-8-5-6-9-22)13-16-26(25)33(28)24-10-7-17-29(2,3)19-24/h11-16,18,22,24H,4-10,17,19H2,1-3H3,(H,30,34)(H,31,32). The third-order valence-electron chi connectivity index (χ3n) is 7.80. The lowest BCUT2D eigenvalue weighted by molar-refractivity contribution is 0.0938. The maximum absolute atomic E-state index is 12.9. The van der Waals surface area contributed by atoms with Gasteiger partial charge in [0.2, 0.25) is 5.95 Å². The van der Waals surface area contributed by atoms with Gasteiger partial charge < -0.3 is 15.2 Å². The Morgan fingerprint density at radius 3 is 2.53 bits per heavy atom. The van der Waals surface area contributed by atoms with Gasteiger partial charge in [0.25, 0.3) is 5.91 Å². The van der Waals surface area contributed by atoms with Crippen molar-refractivity contribution in [2.45, 2.75) is 90.6 Å². The molecular formula is C29H38N4O. The van der Waals surface area contributed by atoms with E-state index in [9.17, 15) is 4.79 Å². The minimum atomic E-state index is 0.0202. The van der Waals surface area contributed by atoms with E-state index in [1.807, 2.05) is 12.1 Å². The highest BCUT2D eigenvalue weighted by Gasteiger charge is 2.31. The van der Waals surface area contributed by atoms with Crippen LogP contribution in [-0.4, -0.2) is 21.5 Å². The fraction of sp³-hybridized carbons (Fsp3) is 0.517. The van der Waals surface area contributed by atoms with Crippen molar-refractivity contribution in [1.29, 1.82) is 0 Å². The van der Waals surface area contributed by atoms with Crippen LogP contribution in [0.15, 0.2) is 42.5 Å². The summed E-state index contributed by atoms with van der Waals surface area (Å²) in [5.41, 5.74) is 5.38. The number of aromatic nitrogens is 2. The quantitative estimate of drug-likeness (QED) is 0.412. The summed E-state index contributed by atoms with van der Waals surface area (Å²) in [5, 5.41) is 6.81.